The molecule has 0 saturated heterocycles. The molecule has 0 radical (unpaired) electrons. The lowest BCUT2D eigenvalue weighted by molar-refractivity contribution is 0.316. The maximum atomic E-state index is 12.0. The molecule has 2 rings (SSSR count). The average Bonchev–Trinajstić information content (AvgIpc) is 2.26. The molecule has 1 aliphatic rings. The predicted molar refractivity (Wildman–Crippen MR) is 77.2 cm³/mol. The van der Waals surface area contributed by atoms with E-state index in [0.29, 0.717) is 12.5 Å². The van der Waals surface area contributed by atoms with Crippen LogP contribution in [0.2, 0.25) is 0 Å². The normalized spacial score (nSPS) is 16.3. The summed E-state index contributed by atoms with van der Waals surface area (Å²) in [6, 6.07) is 7.71. The number of hydrogen-bond donors (Lipinski definition) is 2. The fourth-order valence-electron chi connectivity index (χ4n) is 2.25. The molecule has 0 spiro atoms. The quantitative estimate of drug-likeness (QED) is 0.799. The number of benzene rings is 1. The van der Waals surface area contributed by atoms with Crippen molar-refractivity contribution in [3.63, 3.8) is 0 Å². The SMILES string of the molecule is CNCc1cccc(CS(=O)(=O)NCC2CCC2)c1. The van der Waals surface area contributed by atoms with E-state index >= 15 is 0 Å². The Balaban J connectivity index is 1.92. The van der Waals surface area contributed by atoms with Gasteiger partial charge in [-0.2, -0.15) is 0 Å². The molecule has 1 aromatic rings. The summed E-state index contributed by atoms with van der Waals surface area (Å²) in [6.45, 7) is 1.35. The van der Waals surface area contributed by atoms with Crippen molar-refractivity contribution in [1.82, 2.24) is 10.0 Å². The summed E-state index contributed by atoms with van der Waals surface area (Å²) in [5.74, 6) is 0.613. The van der Waals surface area contributed by atoms with E-state index in [1.807, 2.05) is 31.3 Å². The summed E-state index contributed by atoms with van der Waals surface area (Å²) in [5.41, 5.74) is 1.95. The first-order chi connectivity index (χ1) is 9.09. The van der Waals surface area contributed by atoms with Crippen molar-refractivity contribution < 1.29 is 8.42 Å². The topological polar surface area (TPSA) is 58.2 Å². The largest absolute Gasteiger partial charge is 0.316 e. The Hall–Kier alpha value is -0.910. The summed E-state index contributed by atoms with van der Waals surface area (Å²) in [7, 11) is -1.33. The third-order valence-electron chi connectivity index (χ3n) is 3.55. The zero-order valence-corrected chi connectivity index (χ0v) is 12.2. The Morgan fingerprint density at radius 3 is 2.63 bits per heavy atom. The van der Waals surface area contributed by atoms with E-state index in [1.165, 1.54) is 6.42 Å². The van der Waals surface area contributed by atoms with Gasteiger partial charge in [0.1, 0.15) is 0 Å². The van der Waals surface area contributed by atoms with Crippen LogP contribution in [0, 0.1) is 5.92 Å². The van der Waals surface area contributed by atoms with Crippen molar-refractivity contribution in [2.75, 3.05) is 13.6 Å². The van der Waals surface area contributed by atoms with Gasteiger partial charge in [0.05, 0.1) is 5.75 Å². The molecule has 5 heteroatoms. The molecule has 0 bridgehead atoms. The molecule has 19 heavy (non-hydrogen) atoms. The monoisotopic (exact) mass is 282 g/mol. The lowest BCUT2D eigenvalue weighted by Gasteiger charge is -2.25. The molecule has 0 atom stereocenters. The Labute approximate surface area is 115 Å². The second-order valence-electron chi connectivity index (χ2n) is 5.25. The summed E-state index contributed by atoms with van der Waals surface area (Å²) in [6.07, 6.45) is 3.54. The molecule has 1 fully saturated rings. The lowest BCUT2D eigenvalue weighted by atomic mass is 9.86. The Morgan fingerprint density at radius 1 is 1.26 bits per heavy atom. The van der Waals surface area contributed by atoms with Crippen LogP contribution in [0.25, 0.3) is 0 Å². The molecule has 1 saturated carbocycles. The van der Waals surface area contributed by atoms with E-state index in [2.05, 4.69) is 10.0 Å². The van der Waals surface area contributed by atoms with Crippen LogP contribution >= 0.6 is 0 Å². The highest BCUT2D eigenvalue weighted by Crippen LogP contribution is 2.25. The number of hydrogen-bond acceptors (Lipinski definition) is 3. The molecule has 0 heterocycles. The minimum absolute atomic E-state index is 0.0667. The van der Waals surface area contributed by atoms with Crippen LogP contribution in [0.3, 0.4) is 0 Å². The van der Waals surface area contributed by atoms with Gasteiger partial charge in [-0.05, 0) is 36.9 Å². The van der Waals surface area contributed by atoms with Gasteiger partial charge in [0.2, 0.25) is 10.0 Å². The fourth-order valence-corrected chi connectivity index (χ4v) is 3.46. The van der Waals surface area contributed by atoms with Gasteiger partial charge in [-0.1, -0.05) is 30.7 Å². The van der Waals surface area contributed by atoms with Crippen LogP contribution < -0.4 is 10.0 Å². The predicted octanol–water partition coefficient (Wildman–Crippen LogP) is 1.63. The molecule has 0 aromatic heterocycles. The molecule has 1 aromatic carbocycles. The third-order valence-corrected chi connectivity index (χ3v) is 4.87. The van der Waals surface area contributed by atoms with Gasteiger partial charge >= 0.3 is 0 Å². The third kappa shape index (κ3) is 4.60. The Kier molecular flexibility index (Phi) is 4.96. The molecular weight excluding hydrogens is 260 g/mol. The first-order valence-electron chi connectivity index (χ1n) is 6.79. The molecule has 0 aliphatic heterocycles. The molecule has 106 valence electrons. The summed E-state index contributed by atoms with van der Waals surface area (Å²) < 4.78 is 26.7. The highest BCUT2D eigenvalue weighted by atomic mass is 32.2. The molecule has 1 aliphatic carbocycles. The van der Waals surface area contributed by atoms with Crippen molar-refractivity contribution in [3.8, 4) is 0 Å². The van der Waals surface area contributed by atoms with Gasteiger partial charge in [-0.25, -0.2) is 13.1 Å². The summed E-state index contributed by atoms with van der Waals surface area (Å²) >= 11 is 0. The minimum atomic E-state index is -3.21. The number of sulfonamides is 1. The van der Waals surface area contributed by atoms with Crippen LogP contribution in [0.5, 0.6) is 0 Å². The second-order valence-corrected chi connectivity index (χ2v) is 7.06. The smallest absolute Gasteiger partial charge is 0.215 e. The molecule has 4 nitrogen and oxygen atoms in total. The van der Waals surface area contributed by atoms with Crippen LogP contribution in [0.4, 0.5) is 0 Å². The van der Waals surface area contributed by atoms with E-state index < -0.39 is 10.0 Å². The second kappa shape index (κ2) is 6.50. The van der Waals surface area contributed by atoms with Gasteiger partial charge in [0, 0.05) is 13.1 Å². The van der Waals surface area contributed by atoms with Crippen LogP contribution in [0.1, 0.15) is 30.4 Å². The van der Waals surface area contributed by atoms with E-state index in [1.54, 1.807) is 0 Å². The van der Waals surface area contributed by atoms with Crippen LogP contribution in [0.15, 0.2) is 24.3 Å². The van der Waals surface area contributed by atoms with Gasteiger partial charge in [0.25, 0.3) is 0 Å². The van der Waals surface area contributed by atoms with Crippen molar-refractivity contribution in [1.29, 1.82) is 0 Å². The van der Waals surface area contributed by atoms with Crippen molar-refractivity contribution in [2.45, 2.75) is 31.6 Å². The van der Waals surface area contributed by atoms with Crippen molar-refractivity contribution >= 4 is 10.0 Å². The highest BCUT2D eigenvalue weighted by Gasteiger charge is 2.20. The zero-order chi connectivity index (χ0) is 13.7. The maximum absolute atomic E-state index is 12.0. The molecular formula is C14H22N2O2S. The highest BCUT2D eigenvalue weighted by molar-refractivity contribution is 7.88. The first-order valence-corrected chi connectivity index (χ1v) is 8.44. The maximum Gasteiger partial charge on any atom is 0.215 e. The van der Waals surface area contributed by atoms with Crippen molar-refractivity contribution in [3.05, 3.63) is 35.4 Å². The van der Waals surface area contributed by atoms with E-state index in [0.717, 1.165) is 30.5 Å². The van der Waals surface area contributed by atoms with Gasteiger partial charge < -0.3 is 5.32 Å². The Morgan fingerprint density at radius 2 is 2.00 bits per heavy atom. The minimum Gasteiger partial charge on any atom is -0.316 e. The zero-order valence-electron chi connectivity index (χ0n) is 11.4. The van der Waals surface area contributed by atoms with Crippen molar-refractivity contribution in [2.24, 2.45) is 5.92 Å². The Bertz CT molecular complexity index is 510. The molecule has 0 amide bonds. The van der Waals surface area contributed by atoms with E-state index in [-0.39, 0.29) is 5.75 Å². The van der Waals surface area contributed by atoms with Gasteiger partial charge in [0.15, 0.2) is 0 Å². The van der Waals surface area contributed by atoms with Gasteiger partial charge in [-0.15, -0.1) is 0 Å². The average molecular weight is 282 g/mol. The number of rotatable bonds is 7. The summed E-state index contributed by atoms with van der Waals surface area (Å²) in [4.78, 5) is 0. The van der Waals surface area contributed by atoms with Gasteiger partial charge in [-0.3, -0.25) is 0 Å². The van der Waals surface area contributed by atoms with Crippen LogP contribution in [-0.2, 0) is 22.3 Å². The lowest BCUT2D eigenvalue weighted by Crippen LogP contribution is -2.33. The molecule has 2 N–H and O–H groups in total. The molecule has 0 unspecified atom stereocenters. The van der Waals surface area contributed by atoms with Crippen LogP contribution in [-0.4, -0.2) is 22.0 Å². The standard InChI is InChI=1S/C14H22N2O2S/c1-15-9-13-6-3-7-14(8-13)11-19(17,18)16-10-12-4-2-5-12/h3,6-8,12,15-16H,2,4-5,9-11H2,1H3. The summed E-state index contributed by atoms with van der Waals surface area (Å²) in [5, 5.41) is 3.06. The first kappa shape index (κ1) is 14.5. The number of nitrogens with one attached hydrogen (secondary N) is 2. The van der Waals surface area contributed by atoms with E-state index in [9.17, 15) is 8.42 Å². The fraction of sp³-hybridized carbons (Fsp3) is 0.571. The van der Waals surface area contributed by atoms with E-state index in [4.69, 9.17) is 0 Å².